The molecule has 0 N–H and O–H groups in total. The van der Waals surface area contributed by atoms with Gasteiger partial charge in [0.1, 0.15) is 11.2 Å². The highest BCUT2D eigenvalue weighted by Gasteiger charge is 2.37. The summed E-state index contributed by atoms with van der Waals surface area (Å²) in [6.45, 7) is 2.70. The smallest absolute Gasteiger partial charge is 0.295 e. The van der Waals surface area contributed by atoms with E-state index in [1.54, 1.807) is 15.3 Å². The van der Waals surface area contributed by atoms with Crippen LogP contribution in [0.1, 0.15) is 25.5 Å². The highest BCUT2D eigenvalue weighted by molar-refractivity contribution is 5.94. The molecule has 0 radical (unpaired) electrons. The highest BCUT2D eigenvalue weighted by Crippen LogP contribution is 2.36. The molecule has 1 aliphatic rings. The van der Waals surface area contributed by atoms with Gasteiger partial charge in [-0.3, -0.25) is 4.40 Å². The van der Waals surface area contributed by atoms with Crippen LogP contribution < -0.4 is 0 Å². The number of para-hydroxylation sites is 1. The number of rotatable bonds is 2. The molecule has 9 nitrogen and oxygen atoms in total. The van der Waals surface area contributed by atoms with Crippen molar-refractivity contribution in [1.29, 1.82) is 0 Å². The first kappa shape index (κ1) is 15.6. The molecule has 28 heavy (non-hydrogen) atoms. The molecule has 1 aromatic carbocycles. The number of halogens is 1. The molecule has 1 aliphatic heterocycles. The van der Waals surface area contributed by atoms with Gasteiger partial charge in [0.25, 0.3) is 12.0 Å². The Morgan fingerprint density at radius 1 is 1.14 bits per heavy atom. The van der Waals surface area contributed by atoms with Crippen LogP contribution >= 0.6 is 0 Å². The summed E-state index contributed by atoms with van der Waals surface area (Å²) < 4.78 is 25.3. The number of benzene rings is 1. The van der Waals surface area contributed by atoms with Crippen LogP contribution in [0.3, 0.4) is 0 Å². The number of hydrogen-bond acceptors (Lipinski definition) is 6. The molecular formula is C18H15FN8O. The first-order chi connectivity index (χ1) is 13.7. The fourth-order valence-corrected chi connectivity index (χ4v) is 4.08. The predicted octanol–water partition coefficient (Wildman–Crippen LogP) is 2.28. The van der Waals surface area contributed by atoms with Crippen molar-refractivity contribution in [3.8, 4) is 5.95 Å². The number of hydrogen-bond donors (Lipinski definition) is 0. The van der Waals surface area contributed by atoms with Gasteiger partial charge in [-0.1, -0.05) is 17.3 Å². The van der Waals surface area contributed by atoms with Crippen molar-refractivity contribution in [3.63, 3.8) is 0 Å². The number of aromatic nitrogens is 8. The Hall–Kier alpha value is -3.40. The van der Waals surface area contributed by atoms with Gasteiger partial charge in [-0.15, -0.1) is 15.3 Å². The van der Waals surface area contributed by atoms with Crippen molar-refractivity contribution in [2.75, 3.05) is 6.61 Å². The molecule has 0 aliphatic carbocycles. The van der Waals surface area contributed by atoms with Crippen LogP contribution in [0.5, 0.6) is 0 Å². The Morgan fingerprint density at radius 3 is 2.89 bits per heavy atom. The molecule has 1 unspecified atom stereocenters. The van der Waals surface area contributed by atoms with E-state index in [1.807, 2.05) is 31.2 Å². The lowest BCUT2D eigenvalue weighted by molar-refractivity contribution is 0.0111. The summed E-state index contributed by atoms with van der Waals surface area (Å²) in [6.07, 6.45) is 4.37. The van der Waals surface area contributed by atoms with Gasteiger partial charge in [-0.2, -0.15) is 9.07 Å². The van der Waals surface area contributed by atoms with Gasteiger partial charge in [-0.25, -0.2) is 9.38 Å². The summed E-state index contributed by atoms with van der Waals surface area (Å²) in [5.41, 5.74) is 2.05. The minimum Gasteiger partial charge on any atom is -0.369 e. The van der Waals surface area contributed by atoms with Gasteiger partial charge in [0.15, 0.2) is 5.65 Å². The molecule has 1 fully saturated rings. The average molecular weight is 378 g/mol. The minimum atomic E-state index is -0.599. The normalized spacial score (nSPS) is 20.1. The zero-order valence-corrected chi connectivity index (χ0v) is 14.9. The summed E-state index contributed by atoms with van der Waals surface area (Å²) in [7, 11) is 0. The second kappa shape index (κ2) is 5.32. The fourth-order valence-electron chi connectivity index (χ4n) is 4.08. The van der Waals surface area contributed by atoms with Gasteiger partial charge >= 0.3 is 0 Å². The predicted molar refractivity (Wildman–Crippen MR) is 96.7 cm³/mol. The Bertz CT molecular complexity index is 1360. The zero-order valence-electron chi connectivity index (χ0n) is 14.9. The van der Waals surface area contributed by atoms with Crippen LogP contribution in [-0.4, -0.2) is 45.6 Å². The third kappa shape index (κ3) is 1.89. The molecule has 4 aromatic heterocycles. The van der Waals surface area contributed by atoms with Crippen molar-refractivity contribution in [3.05, 3.63) is 48.4 Å². The maximum Gasteiger partial charge on any atom is 0.295 e. The largest absolute Gasteiger partial charge is 0.369 e. The van der Waals surface area contributed by atoms with E-state index in [0.29, 0.717) is 29.4 Å². The van der Waals surface area contributed by atoms with E-state index in [0.717, 1.165) is 23.9 Å². The van der Waals surface area contributed by atoms with Crippen molar-refractivity contribution in [2.45, 2.75) is 25.4 Å². The molecule has 5 aromatic rings. The number of imidazole rings is 1. The van der Waals surface area contributed by atoms with Crippen LogP contribution in [0.4, 0.5) is 4.39 Å². The van der Waals surface area contributed by atoms with Gasteiger partial charge in [0, 0.05) is 12.0 Å². The van der Waals surface area contributed by atoms with E-state index >= 15 is 0 Å². The third-order valence-electron chi connectivity index (χ3n) is 5.46. The maximum absolute atomic E-state index is 14.5. The summed E-state index contributed by atoms with van der Waals surface area (Å²) in [5, 5.41) is 17.8. The molecule has 5 heterocycles. The molecule has 6 rings (SSSR count). The molecular weight excluding hydrogens is 363 g/mol. The van der Waals surface area contributed by atoms with E-state index in [2.05, 4.69) is 25.5 Å². The second-order valence-electron chi connectivity index (χ2n) is 7.11. The van der Waals surface area contributed by atoms with E-state index in [9.17, 15) is 4.39 Å². The topological polar surface area (TPSA) is 87.4 Å². The van der Waals surface area contributed by atoms with Crippen molar-refractivity contribution >= 4 is 22.2 Å². The summed E-state index contributed by atoms with van der Waals surface area (Å²) in [4.78, 5) is 3.86. The van der Waals surface area contributed by atoms with Crippen LogP contribution in [0.25, 0.3) is 28.1 Å². The van der Waals surface area contributed by atoms with Crippen LogP contribution in [0.15, 0.2) is 36.7 Å². The summed E-state index contributed by atoms with van der Waals surface area (Å²) in [6, 6.07) is 7.44. The van der Waals surface area contributed by atoms with E-state index < -0.39 is 11.7 Å². The standard InChI is InChI=1S/C18H15FN8O/c1-18(7-4-8-28-18)13-9-21-24-27(13)17-23-22-15-11-5-2-3-6-12(11)25-14(26(15)17)10-20-16(25)19/h2-3,5-6,9-10H,4,7-8H2,1H3. The number of ether oxygens (including phenoxy) is 1. The Balaban J connectivity index is 1.73. The molecule has 10 heteroatoms. The summed E-state index contributed by atoms with van der Waals surface area (Å²) >= 11 is 0. The highest BCUT2D eigenvalue weighted by atomic mass is 19.1. The van der Waals surface area contributed by atoms with Crippen LogP contribution in [-0.2, 0) is 10.3 Å². The first-order valence-electron chi connectivity index (χ1n) is 9.02. The van der Waals surface area contributed by atoms with E-state index in [1.165, 1.54) is 10.6 Å². The molecule has 0 bridgehead atoms. The van der Waals surface area contributed by atoms with Crippen molar-refractivity contribution in [1.82, 2.24) is 39.0 Å². The van der Waals surface area contributed by atoms with Gasteiger partial charge in [-0.05, 0) is 31.9 Å². The molecule has 1 atom stereocenters. The Kier molecular flexibility index (Phi) is 2.97. The summed E-state index contributed by atoms with van der Waals surface area (Å²) in [5.74, 6) is 0.412. The first-order valence-corrected chi connectivity index (χ1v) is 9.02. The quantitative estimate of drug-likeness (QED) is 0.468. The Morgan fingerprint density at radius 2 is 2.04 bits per heavy atom. The van der Waals surface area contributed by atoms with E-state index in [-0.39, 0.29) is 0 Å². The number of fused-ring (bicyclic) bond motifs is 6. The molecule has 0 saturated carbocycles. The van der Waals surface area contributed by atoms with Gasteiger partial charge in [0.2, 0.25) is 0 Å². The Labute approximate surface area is 157 Å². The minimum absolute atomic E-state index is 0.412. The molecule has 0 amide bonds. The lowest BCUT2D eigenvalue weighted by Crippen LogP contribution is -2.25. The van der Waals surface area contributed by atoms with Crippen molar-refractivity contribution < 1.29 is 9.13 Å². The van der Waals surface area contributed by atoms with E-state index in [4.69, 9.17) is 4.74 Å². The lowest BCUT2D eigenvalue weighted by Gasteiger charge is -2.22. The molecule has 0 spiro atoms. The van der Waals surface area contributed by atoms with Crippen LogP contribution in [0, 0.1) is 6.08 Å². The number of nitrogens with zero attached hydrogens (tertiary/aromatic N) is 8. The van der Waals surface area contributed by atoms with Gasteiger partial charge < -0.3 is 4.74 Å². The monoisotopic (exact) mass is 378 g/mol. The average Bonchev–Trinajstić information content (AvgIpc) is 3.47. The lowest BCUT2D eigenvalue weighted by atomic mass is 9.99. The maximum atomic E-state index is 14.5. The molecule has 1 saturated heterocycles. The molecule has 140 valence electrons. The zero-order chi connectivity index (χ0) is 18.9. The van der Waals surface area contributed by atoms with Crippen LogP contribution in [0.2, 0.25) is 0 Å². The SMILES string of the molecule is CC1(c2cnnn2-c2nnc3c4ccccc4n4c(F)ncc4n23)CCCO1. The van der Waals surface area contributed by atoms with Gasteiger partial charge in [0.05, 0.1) is 23.6 Å². The fraction of sp³-hybridized carbons (Fsp3) is 0.278. The van der Waals surface area contributed by atoms with Crippen molar-refractivity contribution in [2.24, 2.45) is 0 Å². The third-order valence-corrected chi connectivity index (χ3v) is 5.46. The second-order valence-corrected chi connectivity index (χ2v) is 7.11.